The Balaban J connectivity index is 1.86. The van der Waals surface area contributed by atoms with Crippen LogP contribution in [-0.2, 0) is 21.8 Å². The molecule has 2 aromatic rings. The second kappa shape index (κ2) is 7.14. The predicted molar refractivity (Wildman–Crippen MR) is 79.6 cm³/mol. The molecule has 2 rings (SSSR count). The molecule has 0 atom stereocenters. The molecule has 0 saturated heterocycles. The maximum Gasteiger partial charge on any atom is 0.327 e. The zero-order valence-electron chi connectivity index (χ0n) is 11.7. The number of nitrogens with zero attached hydrogens (tertiary/aromatic N) is 2. The van der Waals surface area contributed by atoms with E-state index in [1.807, 2.05) is 6.20 Å². The summed E-state index contributed by atoms with van der Waals surface area (Å²) in [6.45, 7) is 4.44. The summed E-state index contributed by atoms with van der Waals surface area (Å²) in [5, 5.41) is 4.16. The Morgan fingerprint density at radius 2 is 2.10 bits per heavy atom. The summed E-state index contributed by atoms with van der Waals surface area (Å²) in [5.74, 6) is 0.636. The van der Waals surface area contributed by atoms with E-state index < -0.39 is 0 Å². The zero-order chi connectivity index (χ0) is 14.4. The van der Waals surface area contributed by atoms with Crippen LogP contribution in [0.1, 0.15) is 18.1 Å². The Kier molecular flexibility index (Phi) is 5.24. The number of carbonyl (C=O) groups is 1. The van der Waals surface area contributed by atoms with Crippen LogP contribution in [0.5, 0.6) is 0 Å². The van der Waals surface area contributed by atoms with Gasteiger partial charge < -0.3 is 4.74 Å². The Bertz CT molecular complexity index is 564. The maximum atomic E-state index is 11.3. The van der Waals surface area contributed by atoms with Gasteiger partial charge in [0.25, 0.3) is 0 Å². The Morgan fingerprint density at radius 1 is 1.35 bits per heavy atom. The van der Waals surface area contributed by atoms with Gasteiger partial charge in [0.2, 0.25) is 0 Å². The van der Waals surface area contributed by atoms with E-state index in [4.69, 9.17) is 4.74 Å². The summed E-state index contributed by atoms with van der Waals surface area (Å²) in [5.41, 5.74) is 2.54. The lowest BCUT2D eigenvalue weighted by Crippen LogP contribution is -2.13. The fourth-order valence-corrected chi connectivity index (χ4v) is 2.54. The van der Waals surface area contributed by atoms with Crippen LogP contribution in [0, 0.1) is 6.92 Å². The number of aromatic nitrogens is 2. The van der Waals surface area contributed by atoms with Crippen LogP contribution in [0.15, 0.2) is 41.6 Å². The van der Waals surface area contributed by atoms with Crippen molar-refractivity contribution in [3.8, 4) is 0 Å². The molecule has 0 bridgehead atoms. The van der Waals surface area contributed by atoms with Gasteiger partial charge in [-0.25, -0.2) is 0 Å². The molecule has 0 saturated carbocycles. The normalized spacial score (nSPS) is 10.5. The Labute approximate surface area is 123 Å². The number of aryl methyl sites for hydroxylation is 1. The zero-order valence-corrected chi connectivity index (χ0v) is 12.5. The first kappa shape index (κ1) is 14.7. The minimum atomic E-state index is -0.259. The van der Waals surface area contributed by atoms with Crippen molar-refractivity contribution in [1.29, 1.82) is 0 Å². The molecule has 106 valence electrons. The maximum absolute atomic E-state index is 11.3. The van der Waals surface area contributed by atoms with E-state index >= 15 is 0 Å². The number of benzene rings is 1. The first-order valence-corrected chi connectivity index (χ1v) is 7.52. The number of esters is 1. The molecular formula is C15H18N2O2S. The average Bonchev–Trinajstić information content (AvgIpc) is 2.86. The van der Waals surface area contributed by atoms with Gasteiger partial charge in [0.15, 0.2) is 0 Å². The average molecular weight is 290 g/mol. The number of hydrogen-bond donors (Lipinski definition) is 0. The largest absolute Gasteiger partial charge is 0.465 e. The minimum absolute atomic E-state index is 0.166. The molecular weight excluding hydrogens is 272 g/mol. The summed E-state index contributed by atoms with van der Waals surface area (Å²) in [7, 11) is 0. The highest BCUT2D eigenvalue weighted by Gasteiger charge is 2.05. The molecule has 0 aliphatic rings. The Hall–Kier alpha value is -1.75. The lowest BCUT2D eigenvalue weighted by molar-refractivity contribution is -0.144. The van der Waals surface area contributed by atoms with E-state index in [0.29, 0.717) is 6.61 Å². The first-order chi connectivity index (χ1) is 9.67. The van der Waals surface area contributed by atoms with Gasteiger partial charge in [-0.05, 0) is 19.4 Å². The van der Waals surface area contributed by atoms with Crippen LogP contribution in [-0.4, -0.2) is 22.4 Å². The number of rotatable bonds is 6. The van der Waals surface area contributed by atoms with Gasteiger partial charge in [0.05, 0.1) is 12.8 Å². The predicted octanol–water partition coefficient (Wildman–Crippen LogP) is 3.05. The lowest BCUT2D eigenvalue weighted by atomic mass is 10.2. The summed E-state index contributed by atoms with van der Waals surface area (Å²) >= 11 is 1.71. The second-order valence-corrected chi connectivity index (χ2v) is 5.50. The highest BCUT2D eigenvalue weighted by molar-refractivity contribution is 7.98. The molecule has 0 radical (unpaired) electrons. The number of ether oxygens (including phenoxy) is 1. The smallest absolute Gasteiger partial charge is 0.327 e. The third kappa shape index (κ3) is 4.42. The number of carbonyl (C=O) groups excluding carboxylic acids is 1. The number of thioether (sulfide) groups is 1. The van der Waals surface area contributed by atoms with Crippen molar-refractivity contribution in [1.82, 2.24) is 9.78 Å². The SMILES string of the molecule is CCOC(=O)Cn1cc(SCc2ccc(C)cc2)cn1. The summed E-state index contributed by atoms with van der Waals surface area (Å²) in [6.07, 6.45) is 3.65. The van der Waals surface area contributed by atoms with Crippen LogP contribution in [0.25, 0.3) is 0 Å². The molecule has 20 heavy (non-hydrogen) atoms. The van der Waals surface area contributed by atoms with E-state index in [1.54, 1.807) is 29.6 Å². The van der Waals surface area contributed by atoms with E-state index in [1.165, 1.54) is 11.1 Å². The fraction of sp³-hybridized carbons (Fsp3) is 0.333. The van der Waals surface area contributed by atoms with Crippen LogP contribution >= 0.6 is 11.8 Å². The van der Waals surface area contributed by atoms with Gasteiger partial charge in [0.1, 0.15) is 6.54 Å². The van der Waals surface area contributed by atoms with Gasteiger partial charge in [-0.1, -0.05) is 29.8 Å². The monoisotopic (exact) mass is 290 g/mol. The van der Waals surface area contributed by atoms with Crippen molar-refractivity contribution in [3.05, 3.63) is 47.8 Å². The molecule has 0 spiro atoms. The highest BCUT2D eigenvalue weighted by Crippen LogP contribution is 2.22. The van der Waals surface area contributed by atoms with Gasteiger partial charge in [-0.2, -0.15) is 5.10 Å². The van der Waals surface area contributed by atoms with Crippen LogP contribution in [0.3, 0.4) is 0 Å². The van der Waals surface area contributed by atoms with Crippen molar-refractivity contribution < 1.29 is 9.53 Å². The Morgan fingerprint density at radius 3 is 2.80 bits per heavy atom. The first-order valence-electron chi connectivity index (χ1n) is 6.54. The quantitative estimate of drug-likeness (QED) is 0.606. The molecule has 0 aliphatic carbocycles. The standard InChI is InChI=1S/C15H18N2O2S/c1-3-19-15(18)10-17-9-14(8-16-17)20-11-13-6-4-12(2)5-7-13/h4-9H,3,10-11H2,1-2H3. The third-order valence-electron chi connectivity index (χ3n) is 2.73. The molecule has 0 aliphatic heterocycles. The van der Waals surface area contributed by atoms with Crippen LogP contribution < -0.4 is 0 Å². The number of hydrogen-bond acceptors (Lipinski definition) is 4. The second-order valence-electron chi connectivity index (χ2n) is 4.45. The van der Waals surface area contributed by atoms with Crippen molar-refractivity contribution in [2.75, 3.05) is 6.61 Å². The van der Waals surface area contributed by atoms with Crippen molar-refractivity contribution in [3.63, 3.8) is 0 Å². The van der Waals surface area contributed by atoms with Crippen LogP contribution in [0.2, 0.25) is 0 Å². The van der Waals surface area contributed by atoms with Crippen LogP contribution in [0.4, 0.5) is 0 Å². The molecule has 0 unspecified atom stereocenters. The van der Waals surface area contributed by atoms with Gasteiger partial charge in [0, 0.05) is 16.8 Å². The molecule has 0 amide bonds. The van der Waals surface area contributed by atoms with Gasteiger partial charge in [-0.3, -0.25) is 9.48 Å². The van der Waals surface area contributed by atoms with E-state index in [0.717, 1.165) is 10.6 Å². The van der Waals surface area contributed by atoms with E-state index in [-0.39, 0.29) is 12.5 Å². The summed E-state index contributed by atoms with van der Waals surface area (Å²) < 4.78 is 6.50. The summed E-state index contributed by atoms with van der Waals surface area (Å²) in [6, 6.07) is 8.48. The molecule has 1 heterocycles. The van der Waals surface area contributed by atoms with Crippen molar-refractivity contribution in [2.45, 2.75) is 31.0 Å². The summed E-state index contributed by atoms with van der Waals surface area (Å²) in [4.78, 5) is 12.4. The van der Waals surface area contributed by atoms with E-state index in [9.17, 15) is 4.79 Å². The molecule has 5 heteroatoms. The van der Waals surface area contributed by atoms with Gasteiger partial charge in [-0.15, -0.1) is 11.8 Å². The molecule has 4 nitrogen and oxygen atoms in total. The lowest BCUT2D eigenvalue weighted by Gasteiger charge is -2.01. The van der Waals surface area contributed by atoms with E-state index in [2.05, 4.69) is 36.3 Å². The third-order valence-corrected chi connectivity index (χ3v) is 3.75. The van der Waals surface area contributed by atoms with Gasteiger partial charge >= 0.3 is 5.97 Å². The minimum Gasteiger partial charge on any atom is -0.465 e. The molecule has 0 N–H and O–H groups in total. The van der Waals surface area contributed by atoms with Crippen molar-refractivity contribution in [2.24, 2.45) is 0 Å². The molecule has 0 fully saturated rings. The highest BCUT2D eigenvalue weighted by atomic mass is 32.2. The fourth-order valence-electron chi connectivity index (χ4n) is 1.70. The van der Waals surface area contributed by atoms with Crippen molar-refractivity contribution >= 4 is 17.7 Å². The molecule has 1 aromatic carbocycles. The molecule has 1 aromatic heterocycles. The topological polar surface area (TPSA) is 44.1 Å².